The van der Waals surface area contributed by atoms with E-state index in [-0.39, 0.29) is 5.91 Å². The highest BCUT2D eigenvalue weighted by Gasteiger charge is 2.33. The summed E-state index contributed by atoms with van der Waals surface area (Å²) >= 11 is 0. The number of carbonyl (C=O) groups is 2. The van der Waals surface area contributed by atoms with Gasteiger partial charge in [0, 0.05) is 13.0 Å². The van der Waals surface area contributed by atoms with E-state index in [1.165, 1.54) is 70.6 Å². The average Bonchev–Trinajstić information content (AvgIpc) is 3.15. The summed E-state index contributed by atoms with van der Waals surface area (Å²) in [5, 5.41) is 9.14. The zero-order valence-electron chi connectivity index (χ0n) is 17.5. The van der Waals surface area contributed by atoms with Gasteiger partial charge in [-0.3, -0.25) is 4.79 Å². The maximum atomic E-state index is 12.1. The number of unbranched alkanes of at least 4 members (excludes halogenated alkanes) is 11. The van der Waals surface area contributed by atoms with Gasteiger partial charge in [-0.25, -0.2) is 4.79 Å². The summed E-state index contributed by atoms with van der Waals surface area (Å²) in [6, 6.07) is -0.583. The molecule has 1 atom stereocenters. The van der Waals surface area contributed by atoms with Crippen molar-refractivity contribution in [3.63, 3.8) is 0 Å². The average molecular weight is 380 g/mol. The summed E-state index contributed by atoms with van der Waals surface area (Å²) in [6.07, 6.45) is 22.7. The third-order valence-electron chi connectivity index (χ3n) is 5.51. The second-order valence-electron chi connectivity index (χ2n) is 7.92. The number of hydrogen-bond donors (Lipinski definition) is 1. The first-order valence-electron chi connectivity index (χ1n) is 11.3. The Balaban J connectivity index is 1.89. The van der Waals surface area contributed by atoms with Crippen LogP contribution in [0.15, 0.2) is 12.2 Å². The van der Waals surface area contributed by atoms with E-state index in [0.717, 1.165) is 19.3 Å². The lowest BCUT2D eigenvalue weighted by molar-refractivity contribution is -0.148. The van der Waals surface area contributed by atoms with Crippen molar-refractivity contribution in [2.75, 3.05) is 6.54 Å². The van der Waals surface area contributed by atoms with Crippen molar-refractivity contribution in [3.05, 3.63) is 12.2 Å². The Morgan fingerprint density at radius 3 is 2.04 bits per heavy atom. The van der Waals surface area contributed by atoms with Gasteiger partial charge in [0.25, 0.3) is 0 Å². The molecule has 0 saturated carbocycles. The van der Waals surface area contributed by atoms with Gasteiger partial charge in [0.05, 0.1) is 0 Å². The first-order chi connectivity index (χ1) is 13.2. The van der Waals surface area contributed by atoms with E-state index in [1.807, 2.05) is 0 Å². The van der Waals surface area contributed by atoms with Crippen LogP contribution in [-0.2, 0) is 9.59 Å². The lowest BCUT2D eigenvalue weighted by Crippen LogP contribution is -2.40. The quantitative estimate of drug-likeness (QED) is 0.260. The van der Waals surface area contributed by atoms with E-state index in [0.29, 0.717) is 19.4 Å². The van der Waals surface area contributed by atoms with Crippen molar-refractivity contribution in [2.24, 2.45) is 0 Å². The van der Waals surface area contributed by atoms with Crippen LogP contribution in [0, 0.1) is 0 Å². The summed E-state index contributed by atoms with van der Waals surface area (Å²) in [5.41, 5.74) is 0. The van der Waals surface area contributed by atoms with Crippen LogP contribution in [0.4, 0.5) is 0 Å². The fourth-order valence-corrected chi connectivity index (χ4v) is 3.81. The number of carbonyl (C=O) groups excluding carboxylic acids is 1. The molecule has 1 fully saturated rings. The fraction of sp³-hybridized carbons (Fsp3) is 0.826. The normalized spacial score (nSPS) is 17.1. The molecule has 0 aliphatic carbocycles. The standard InChI is InChI=1S/C23H41NO3/c1-2-3-4-5-6-7-8-9-10-11-12-13-14-15-16-19-22(25)24-20-17-18-21(24)23(26)27/h9-10,21H,2-8,11-20H2,1H3,(H,26,27)/b10-9+. The molecule has 1 heterocycles. The Bertz CT molecular complexity index is 433. The van der Waals surface area contributed by atoms with Crippen molar-refractivity contribution >= 4 is 11.9 Å². The Labute approximate surface area is 166 Å². The highest BCUT2D eigenvalue weighted by atomic mass is 16.4. The third-order valence-corrected chi connectivity index (χ3v) is 5.51. The molecule has 1 amide bonds. The van der Waals surface area contributed by atoms with E-state index >= 15 is 0 Å². The topological polar surface area (TPSA) is 57.6 Å². The number of aliphatic carboxylic acids is 1. The number of amides is 1. The summed E-state index contributed by atoms with van der Waals surface area (Å²) in [7, 11) is 0. The lowest BCUT2D eigenvalue weighted by Gasteiger charge is -2.21. The predicted molar refractivity (Wildman–Crippen MR) is 112 cm³/mol. The maximum absolute atomic E-state index is 12.1. The molecule has 0 radical (unpaired) electrons. The number of hydrogen-bond acceptors (Lipinski definition) is 2. The molecule has 4 heteroatoms. The highest BCUT2D eigenvalue weighted by molar-refractivity contribution is 5.84. The number of rotatable bonds is 16. The third kappa shape index (κ3) is 11.2. The molecule has 0 aromatic carbocycles. The van der Waals surface area contributed by atoms with Gasteiger partial charge in [-0.2, -0.15) is 0 Å². The van der Waals surface area contributed by atoms with Gasteiger partial charge in [0.1, 0.15) is 6.04 Å². The number of likely N-dealkylation sites (tertiary alicyclic amines) is 1. The molecule has 27 heavy (non-hydrogen) atoms. The molecule has 1 N–H and O–H groups in total. The molecule has 0 bridgehead atoms. The monoisotopic (exact) mass is 379 g/mol. The van der Waals surface area contributed by atoms with Crippen LogP contribution < -0.4 is 0 Å². The van der Waals surface area contributed by atoms with E-state index < -0.39 is 12.0 Å². The highest BCUT2D eigenvalue weighted by Crippen LogP contribution is 2.19. The molecule has 4 nitrogen and oxygen atoms in total. The first kappa shape index (κ1) is 23.7. The molecule has 1 rings (SSSR count). The molecular weight excluding hydrogens is 338 g/mol. The number of nitrogens with zero attached hydrogens (tertiary/aromatic N) is 1. The minimum atomic E-state index is -0.856. The van der Waals surface area contributed by atoms with Crippen LogP contribution >= 0.6 is 0 Å². The van der Waals surface area contributed by atoms with Crippen molar-refractivity contribution < 1.29 is 14.7 Å². The van der Waals surface area contributed by atoms with E-state index in [4.69, 9.17) is 5.11 Å². The molecular formula is C23H41NO3. The zero-order valence-corrected chi connectivity index (χ0v) is 17.5. The minimum absolute atomic E-state index is 0.0255. The second kappa shape index (κ2) is 15.7. The summed E-state index contributed by atoms with van der Waals surface area (Å²) in [5.74, 6) is -0.831. The fourth-order valence-electron chi connectivity index (χ4n) is 3.81. The van der Waals surface area contributed by atoms with Gasteiger partial charge < -0.3 is 10.0 Å². The van der Waals surface area contributed by atoms with Crippen LogP contribution in [0.5, 0.6) is 0 Å². The SMILES string of the molecule is CCCCCCCC/C=C/CCCCCCCC(=O)N1CCCC1C(=O)O. The summed E-state index contributed by atoms with van der Waals surface area (Å²) < 4.78 is 0. The van der Waals surface area contributed by atoms with E-state index in [2.05, 4.69) is 19.1 Å². The molecule has 1 saturated heterocycles. The Morgan fingerprint density at radius 1 is 0.889 bits per heavy atom. The second-order valence-corrected chi connectivity index (χ2v) is 7.92. The van der Waals surface area contributed by atoms with Crippen molar-refractivity contribution in [1.82, 2.24) is 4.90 Å². The smallest absolute Gasteiger partial charge is 0.326 e. The van der Waals surface area contributed by atoms with Gasteiger partial charge in [-0.15, -0.1) is 0 Å². The minimum Gasteiger partial charge on any atom is -0.480 e. The van der Waals surface area contributed by atoms with Crippen LogP contribution in [0.3, 0.4) is 0 Å². The van der Waals surface area contributed by atoms with Gasteiger partial charge in [0.15, 0.2) is 0 Å². The van der Waals surface area contributed by atoms with Crippen LogP contribution in [0.25, 0.3) is 0 Å². The molecule has 1 aliphatic heterocycles. The number of carboxylic acids is 1. The summed E-state index contributed by atoms with van der Waals surface area (Å²) in [6.45, 7) is 2.87. The van der Waals surface area contributed by atoms with Gasteiger partial charge in [-0.1, -0.05) is 70.4 Å². The maximum Gasteiger partial charge on any atom is 0.326 e. The Hall–Kier alpha value is -1.32. The van der Waals surface area contributed by atoms with Crippen LogP contribution in [-0.4, -0.2) is 34.5 Å². The largest absolute Gasteiger partial charge is 0.480 e. The van der Waals surface area contributed by atoms with Gasteiger partial charge >= 0.3 is 5.97 Å². The zero-order chi connectivity index (χ0) is 19.7. The van der Waals surface area contributed by atoms with Crippen molar-refractivity contribution in [3.8, 4) is 0 Å². The van der Waals surface area contributed by atoms with Crippen LogP contribution in [0.2, 0.25) is 0 Å². The van der Waals surface area contributed by atoms with E-state index in [1.54, 1.807) is 4.90 Å². The molecule has 0 aromatic rings. The van der Waals surface area contributed by atoms with Crippen molar-refractivity contribution in [1.29, 1.82) is 0 Å². The van der Waals surface area contributed by atoms with Gasteiger partial charge in [-0.05, 0) is 44.9 Å². The predicted octanol–water partition coefficient (Wildman–Crippen LogP) is 6.10. The molecule has 1 unspecified atom stereocenters. The Morgan fingerprint density at radius 2 is 1.44 bits per heavy atom. The van der Waals surface area contributed by atoms with Crippen LogP contribution in [0.1, 0.15) is 110 Å². The number of carboxylic acid groups (broad SMARTS) is 1. The Kier molecular flexibility index (Phi) is 13.8. The molecule has 0 aromatic heterocycles. The number of allylic oxidation sites excluding steroid dienone is 2. The molecule has 1 aliphatic rings. The van der Waals surface area contributed by atoms with Crippen molar-refractivity contribution in [2.45, 2.75) is 116 Å². The lowest BCUT2D eigenvalue weighted by atomic mass is 10.1. The van der Waals surface area contributed by atoms with Gasteiger partial charge in [0.2, 0.25) is 5.91 Å². The first-order valence-corrected chi connectivity index (χ1v) is 11.3. The summed E-state index contributed by atoms with van der Waals surface area (Å²) in [4.78, 5) is 24.8. The molecule has 156 valence electrons. The molecule has 0 spiro atoms. The van der Waals surface area contributed by atoms with E-state index in [9.17, 15) is 9.59 Å².